The molecule has 1 saturated heterocycles. The molecule has 3 amide bonds. The molecule has 1 heterocycles. The molecular formula is C32H53N3O7. The van der Waals surface area contributed by atoms with E-state index in [9.17, 15) is 29.1 Å². The third kappa shape index (κ3) is 8.54. The lowest BCUT2D eigenvalue weighted by Crippen LogP contribution is -2.51. The Labute approximate surface area is 250 Å². The van der Waals surface area contributed by atoms with Crippen LogP contribution in [-0.2, 0) is 23.9 Å². The highest BCUT2D eigenvalue weighted by atomic mass is 16.6. The average Bonchev–Trinajstić information content (AvgIpc) is 3.12. The second-order valence-corrected chi connectivity index (χ2v) is 15.8. The van der Waals surface area contributed by atoms with Gasteiger partial charge in [0.25, 0.3) is 0 Å². The van der Waals surface area contributed by atoms with Gasteiger partial charge in [0.2, 0.25) is 11.8 Å². The van der Waals surface area contributed by atoms with Crippen LogP contribution in [0.4, 0.5) is 4.79 Å². The molecule has 0 aromatic heterocycles. The topological polar surface area (TPSA) is 156 Å². The quantitative estimate of drug-likeness (QED) is 0.295. The van der Waals surface area contributed by atoms with Crippen LogP contribution in [0.25, 0.3) is 0 Å². The van der Waals surface area contributed by atoms with Gasteiger partial charge in [-0.15, -0.1) is 0 Å². The molecular weight excluding hydrogens is 538 g/mol. The van der Waals surface area contributed by atoms with Crippen molar-refractivity contribution in [2.75, 3.05) is 13.1 Å². The molecule has 3 aliphatic rings. The molecule has 0 bridgehead atoms. The molecule has 2 aliphatic carbocycles. The van der Waals surface area contributed by atoms with Crippen LogP contribution in [0.5, 0.6) is 0 Å². The summed E-state index contributed by atoms with van der Waals surface area (Å²) in [6.07, 6.45) is 1.69. The number of carbonyl (C=O) groups is 5. The molecule has 3 fully saturated rings. The molecule has 0 spiro atoms. The third-order valence-corrected chi connectivity index (χ3v) is 9.33. The van der Waals surface area contributed by atoms with Gasteiger partial charge in [-0.05, 0) is 55.8 Å². The van der Waals surface area contributed by atoms with Crippen LogP contribution in [-0.4, -0.2) is 70.3 Å². The predicted molar refractivity (Wildman–Crippen MR) is 158 cm³/mol. The molecule has 10 heteroatoms. The van der Waals surface area contributed by atoms with Crippen molar-refractivity contribution >= 4 is 29.5 Å². The van der Waals surface area contributed by atoms with Gasteiger partial charge in [-0.2, -0.15) is 0 Å². The van der Waals surface area contributed by atoms with Crippen molar-refractivity contribution in [3.05, 3.63) is 0 Å². The number of ketones is 2. The van der Waals surface area contributed by atoms with E-state index in [4.69, 9.17) is 10.5 Å². The maximum Gasteiger partial charge on any atom is 0.407 e. The minimum absolute atomic E-state index is 0.0435. The summed E-state index contributed by atoms with van der Waals surface area (Å²) in [7, 11) is 0. The summed E-state index contributed by atoms with van der Waals surface area (Å²) in [6, 6.07) is -0.719. The second-order valence-electron chi connectivity index (χ2n) is 15.8. The highest BCUT2D eigenvalue weighted by Gasteiger charge is 2.69. The Bertz CT molecular complexity index is 1050. The monoisotopic (exact) mass is 591 g/mol. The fourth-order valence-electron chi connectivity index (χ4n) is 6.92. The van der Waals surface area contributed by atoms with E-state index in [1.165, 1.54) is 0 Å². The van der Waals surface area contributed by atoms with Crippen LogP contribution in [0.3, 0.4) is 0 Å². The summed E-state index contributed by atoms with van der Waals surface area (Å²) in [5, 5.41) is 13.2. The zero-order valence-electron chi connectivity index (χ0n) is 26.8. The lowest BCUT2D eigenvalue weighted by Gasteiger charge is -2.35. The molecule has 4 N–H and O–H groups in total. The fourth-order valence-corrected chi connectivity index (χ4v) is 6.92. The molecule has 6 atom stereocenters. The van der Waals surface area contributed by atoms with Gasteiger partial charge in [0.05, 0.1) is 12.0 Å². The smallest absolute Gasteiger partial charge is 0.407 e. The number of nitrogens with one attached hydrogen (secondary N) is 1. The standard InChI is InChI=1S/C32H53N3O7/c1-30(2,3)15-21(36)13-20(16-34-29(41)42-31(4,5)6)28(40)35-17-22-24(32(22,7)8)25(35)23(37)14-19(26(38)27(33)39)12-18-10-9-11-18/h18-20,22,24-26,38H,9-17H2,1-8H3,(H2,33,39)(H,34,41)/t19?,20-,22?,24-,25+,26?/m0/s1. The Balaban J connectivity index is 1.82. The molecule has 238 valence electrons. The van der Waals surface area contributed by atoms with Crippen molar-refractivity contribution in [2.45, 2.75) is 118 Å². The lowest BCUT2D eigenvalue weighted by molar-refractivity contribution is -0.145. The molecule has 0 aromatic rings. The van der Waals surface area contributed by atoms with Gasteiger partial charge in [-0.1, -0.05) is 53.9 Å². The number of ether oxygens (including phenoxy) is 1. The largest absolute Gasteiger partial charge is 0.444 e. The summed E-state index contributed by atoms with van der Waals surface area (Å²) in [5.74, 6) is -2.50. The Kier molecular flexibility index (Phi) is 10.2. The number of carbonyl (C=O) groups excluding carboxylic acids is 5. The molecule has 1 aliphatic heterocycles. The zero-order chi connectivity index (χ0) is 31.8. The molecule has 2 saturated carbocycles. The van der Waals surface area contributed by atoms with Gasteiger partial charge in [-0.3, -0.25) is 19.2 Å². The molecule has 0 radical (unpaired) electrons. The van der Waals surface area contributed by atoms with Gasteiger partial charge in [0.15, 0.2) is 5.78 Å². The van der Waals surface area contributed by atoms with Gasteiger partial charge < -0.3 is 25.8 Å². The van der Waals surface area contributed by atoms with Crippen LogP contribution in [0.15, 0.2) is 0 Å². The number of rotatable bonds is 13. The number of nitrogens with two attached hydrogens (primary N) is 1. The third-order valence-electron chi connectivity index (χ3n) is 9.33. The molecule has 3 unspecified atom stereocenters. The predicted octanol–water partition coefficient (Wildman–Crippen LogP) is 3.62. The van der Waals surface area contributed by atoms with Gasteiger partial charge >= 0.3 is 6.09 Å². The first-order chi connectivity index (χ1) is 19.2. The summed E-state index contributed by atoms with van der Waals surface area (Å²) >= 11 is 0. The maximum atomic E-state index is 14.1. The summed E-state index contributed by atoms with van der Waals surface area (Å²) < 4.78 is 5.35. The Morgan fingerprint density at radius 1 is 1.05 bits per heavy atom. The fraction of sp³-hybridized carbons (Fsp3) is 0.844. The Hall–Kier alpha value is -2.49. The lowest BCUT2D eigenvalue weighted by atomic mass is 9.75. The van der Waals surface area contributed by atoms with E-state index in [1.807, 2.05) is 20.8 Å². The first-order valence-corrected chi connectivity index (χ1v) is 15.5. The number of nitrogens with zero attached hydrogens (tertiary/aromatic N) is 1. The first-order valence-electron chi connectivity index (χ1n) is 15.5. The van der Waals surface area contributed by atoms with E-state index in [1.54, 1.807) is 25.7 Å². The average molecular weight is 592 g/mol. The van der Waals surface area contributed by atoms with Crippen LogP contribution >= 0.6 is 0 Å². The van der Waals surface area contributed by atoms with Gasteiger partial charge in [-0.25, -0.2) is 4.79 Å². The number of amides is 3. The molecule has 42 heavy (non-hydrogen) atoms. The van der Waals surface area contributed by atoms with Crippen LogP contribution in [0.2, 0.25) is 0 Å². The van der Waals surface area contributed by atoms with Crippen molar-refractivity contribution in [3.63, 3.8) is 0 Å². The Morgan fingerprint density at radius 3 is 2.17 bits per heavy atom. The first kappa shape index (κ1) is 34.0. The zero-order valence-corrected chi connectivity index (χ0v) is 26.8. The number of piperidine rings is 1. The number of fused-ring (bicyclic) bond motifs is 1. The minimum Gasteiger partial charge on any atom is -0.444 e. The number of alkyl carbamates (subject to hydrolysis) is 1. The van der Waals surface area contributed by atoms with E-state index < -0.39 is 41.6 Å². The summed E-state index contributed by atoms with van der Waals surface area (Å²) in [6.45, 7) is 15.5. The number of aliphatic hydroxyl groups is 1. The summed E-state index contributed by atoms with van der Waals surface area (Å²) in [5.41, 5.74) is 4.32. The van der Waals surface area contributed by atoms with Crippen molar-refractivity contribution in [2.24, 2.45) is 46.2 Å². The number of Topliss-reactive ketones (excluding diaryl/α,β-unsaturated/α-hetero) is 2. The van der Waals surface area contributed by atoms with E-state index in [2.05, 4.69) is 19.2 Å². The highest BCUT2D eigenvalue weighted by Crippen LogP contribution is 2.65. The van der Waals surface area contributed by atoms with Crippen molar-refractivity contribution in [3.8, 4) is 0 Å². The van der Waals surface area contributed by atoms with Gasteiger partial charge in [0, 0.05) is 38.3 Å². The van der Waals surface area contributed by atoms with Crippen molar-refractivity contribution in [1.29, 1.82) is 0 Å². The Morgan fingerprint density at radius 2 is 1.67 bits per heavy atom. The van der Waals surface area contributed by atoms with Crippen molar-refractivity contribution in [1.82, 2.24) is 10.2 Å². The molecule has 10 nitrogen and oxygen atoms in total. The molecule has 3 rings (SSSR count). The molecule has 0 aromatic carbocycles. The second kappa shape index (κ2) is 12.6. The van der Waals surface area contributed by atoms with Crippen molar-refractivity contribution < 1.29 is 33.8 Å². The van der Waals surface area contributed by atoms with Gasteiger partial charge in [0.1, 0.15) is 17.5 Å². The number of aliphatic hydroxyl groups excluding tert-OH is 1. The van der Waals surface area contributed by atoms with Crippen LogP contribution < -0.4 is 11.1 Å². The van der Waals surface area contributed by atoms with E-state index in [0.717, 1.165) is 19.3 Å². The number of hydrogen-bond donors (Lipinski definition) is 3. The normalized spacial score (nSPS) is 25.5. The van der Waals surface area contributed by atoms with E-state index >= 15 is 0 Å². The number of likely N-dealkylation sites (tertiary alicyclic amines) is 1. The highest BCUT2D eigenvalue weighted by molar-refractivity contribution is 5.94. The van der Waals surface area contributed by atoms with E-state index in [0.29, 0.717) is 18.9 Å². The van der Waals surface area contributed by atoms with E-state index in [-0.39, 0.29) is 65.9 Å². The summed E-state index contributed by atoms with van der Waals surface area (Å²) in [4.78, 5) is 67.0. The maximum absolute atomic E-state index is 14.1. The number of primary amides is 1. The van der Waals surface area contributed by atoms with Crippen LogP contribution in [0, 0.1) is 40.4 Å². The van der Waals surface area contributed by atoms with Crippen LogP contribution in [0.1, 0.15) is 100 Å². The minimum atomic E-state index is -1.43. The SMILES string of the molecule is CC(C)(C)CC(=O)C[C@@H](CNC(=O)OC(C)(C)C)C(=O)N1CC2[C@@H]([C@H]1C(=O)CC(CC1CCC1)C(O)C(N)=O)C2(C)C. The number of hydrogen-bond acceptors (Lipinski definition) is 7.